The first-order valence-corrected chi connectivity index (χ1v) is 7.36. The van der Waals surface area contributed by atoms with Crippen LogP contribution in [0.3, 0.4) is 0 Å². The van der Waals surface area contributed by atoms with Crippen molar-refractivity contribution >= 4 is 17.4 Å². The summed E-state index contributed by atoms with van der Waals surface area (Å²) in [6, 6.07) is 16.6. The van der Waals surface area contributed by atoms with Gasteiger partial charge >= 0.3 is 0 Å². The van der Waals surface area contributed by atoms with Gasteiger partial charge in [0, 0.05) is 23.4 Å². The molecule has 0 aliphatic carbocycles. The van der Waals surface area contributed by atoms with Gasteiger partial charge in [0.2, 0.25) is 0 Å². The number of rotatable bonds is 6. The lowest BCUT2D eigenvalue weighted by molar-refractivity contribution is 0.344. The van der Waals surface area contributed by atoms with Gasteiger partial charge in [-0.05, 0) is 43.3 Å². The number of aryl methyl sites for hydroxylation is 1. The van der Waals surface area contributed by atoms with Crippen LogP contribution in [0.4, 0.5) is 5.69 Å². The molecule has 2 nitrogen and oxygen atoms in total. The molecule has 0 aromatic heterocycles. The van der Waals surface area contributed by atoms with E-state index in [1.807, 2.05) is 43.1 Å². The van der Waals surface area contributed by atoms with Crippen molar-refractivity contribution in [3.05, 3.63) is 54.1 Å². The van der Waals surface area contributed by atoms with Crippen molar-refractivity contribution in [2.75, 3.05) is 24.7 Å². The lowest BCUT2D eigenvalue weighted by Crippen LogP contribution is -2.00. The molecule has 1 N–H and O–H groups in total. The highest BCUT2D eigenvalue weighted by molar-refractivity contribution is 7.99. The smallest absolute Gasteiger partial charge is 0.119 e. The second-order valence-corrected chi connectivity index (χ2v) is 5.45. The normalized spacial score (nSPS) is 10.2. The van der Waals surface area contributed by atoms with Crippen LogP contribution in [0, 0.1) is 6.92 Å². The number of thioether (sulfide) groups is 1. The Morgan fingerprint density at radius 2 is 1.68 bits per heavy atom. The molecule has 0 bridgehead atoms. The topological polar surface area (TPSA) is 21.3 Å². The van der Waals surface area contributed by atoms with E-state index >= 15 is 0 Å². The molecule has 0 amide bonds. The first-order valence-electron chi connectivity index (χ1n) is 6.38. The molecule has 0 heterocycles. The van der Waals surface area contributed by atoms with E-state index < -0.39 is 0 Å². The molecule has 100 valence electrons. The predicted octanol–water partition coefficient (Wildman–Crippen LogP) is 4.21. The van der Waals surface area contributed by atoms with Crippen molar-refractivity contribution in [1.82, 2.24) is 0 Å². The standard InChI is InChI=1S/C16H19NOS/c1-13-3-9-16(10-4-13)19-12-11-18-15-7-5-14(17-2)6-8-15/h3-10,17H,11-12H2,1-2H3. The Bertz CT molecular complexity index is 493. The summed E-state index contributed by atoms with van der Waals surface area (Å²) >= 11 is 1.82. The van der Waals surface area contributed by atoms with Gasteiger partial charge in [0.15, 0.2) is 0 Å². The molecule has 0 spiro atoms. The fourth-order valence-corrected chi connectivity index (χ4v) is 2.40. The lowest BCUT2D eigenvalue weighted by atomic mass is 10.2. The quantitative estimate of drug-likeness (QED) is 0.629. The first kappa shape index (κ1) is 13.8. The van der Waals surface area contributed by atoms with Crippen LogP contribution in [0.5, 0.6) is 5.75 Å². The zero-order valence-corrected chi connectivity index (χ0v) is 12.2. The van der Waals surface area contributed by atoms with Crippen LogP contribution >= 0.6 is 11.8 Å². The van der Waals surface area contributed by atoms with Gasteiger partial charge in [-0.2, -0.15) is 0 Å². The maximum absolute atomic E-state index is 5.70. The van der Waals surface area contributed by atoms with E-state index in [0.29, 0.717) is 0 Å². The van der Waals surface area contributed by atoms with Crippen LogP contribution in [0.1, 0.15) is 5.56 Å². The van der Waals surface area contributed by atoms with Gasteiger partial charge < -0.3 is 10.1 Å². The number of ether oxygens (including phenoxy) is 1. The summed E-state index contributed by atoms with van der Waals surface area (Å²) < 4.78 is 5.70. The Morgan fingerprint density at radius 3 is 2.32 bits per heavy atom. The van der Waals surface area contributed by atoms with Crippen molar-refractivity contribution in [1.29, 1.82) is 0 Å². The monoisotopic (exact) mass is 273 g/mol. The van der Waals surface area contributed by atoms with Crippen LogP contribution in [0.2, 0.25) is 0 Å². The summed E-state index contributed by atoms with van der Waals surface area (Å²) in [5.74, 6) is 1.88. The highest BCUT2D eigenvalue weighted by Crippen LogP contribution is 2.19. The molecule has 0 atom stereocenters. The third-order valence-electron chi connectivity index (χ3n) is 2.78. The molecule has 0 aliphatic heterocycles. The molecule has 0 aliphatic rings. The number of nitrogens with one attached hydrogen (secondary N) is 1. The van der Waals surface area contributed by atoms with Gasteiger partial charge in [-0.25, -0.2) is 0 Å². The van der Waals surface area contributed by atoms with Gasteiger partial charge in [0.25, 0.3) is 0 Å². The number of hydrogen-bond donors (Lipinski definition) is 1. The number of benzene rings is 2. The molecule has 2 aromatic rings. The average Bonchev–Trinajstić information content (AvgIpc) is 2.46. The van der Waals surface area contributed by atoms with E-state index in [9.17, 15) is 0 Å². The molecular formula is C16H19NOS. The van der Waals surface area contributed by atoms with E-state index in [1.54, 1.807) is 0 Å². The third kappa shape index (κ3) is 4.52. The fraction of sp³-hybridized carbons (Fsp3) is 0.250. The molecule has 0 fully saturated rings. The van der Waals surface area contributed by atoms with Crippen molar-refractivity contribution in [2.24, 2.45) is 0 Å². The largest absolute Gasteiger partial charge is 0.493 e. The Balaban J connectivity index is 1.72. The zero-order chi connectivity index (χ0) is 13.5. The zero-order valence-electron chi connectivity index (χ0n) is 11.3. The molecule has 2 aromatic carbocycles. The highest BCUT2D eigenvalue weighted by Gasteiger charge is 1.96. The minimum atomic E-state index is 0.720. The van der Waals surface area contributed by atoms with Crippen LogP contribution in [0.25, 0.3) is 0 Å². The molecule has 2 rings (SSSR count). The average molecular weight is 273 g/mol. The summed E-state index contributed by atoms with van der Waals surface area (Å²) in [5, 5.41) is 3.09. The van der Waals surface area contributed by atoms with Gasteiger partial charge in [-0.1, -0.05) is 17.7 Å². The minimum absolute atomic E-state index is 0.720. The summed E-state index contributed by atoms with van der Waals surface area (Å²) in [5.41, 5.74) is 2.40. The predicted molar refractivity (Wildman–Crippen MR) is 83.4 cm³/mol. The van der Waals surface area contributed by atoms with E-state index in [1.165, 1.54) is 10.5 Å². The Morgan fingerprint density at radius 1 is 1.00 bits per heavy atom. The fourth-order valence-electron chi connectivity index (χ4n) is 1.67. The van der Waals surface area contributed by atoms with Gasteiger partial charge in [0.05, 0.1) is 6.61 Å². The minimum Gasteiger partial charge on any atom is -0.493 e. The Hall–Kier alpha value is -1.61. The van der Waals surface area contributed by atoms with Crippen molar-refractivity contribution < 1.29 is 4.74 Å². The molecule has 3 heteroatoms. The van der Waals surface area contributed by atoms with E-state index in [4.69, 9.17) is 4.74 Å². The van der Waals surface area contributed by atoms with Gasteiger partial charge in [-0.15, -0.1) is 11.8 Å². The maximum atomic E-state index is 5.70. The Kier molecular flexibility index (Phi) is 5.16. The van der Waals surface area contributed by atoms with Crippen LogP contribution in [-0.4, -0.2) is 19.4 Å². The van der Waals surface area contributed by atoms with E-state index in [-0.39, 0.29) is 0 Å². The second-order valence-electron chi connectivity index (χ2n) is 4.28. The summed E-state index contributed by atoms with van der Waals surface area (Å²) in [6.07, 6.45) is 0. The summed E-state index contributed by atoms with van der Waals surface area (Å²) in [7, 11) is 1.91. The first-order chi connectivity index (χ1) is 9.28. The lowest BCUT2D eigenvalue weighted by Gasteiger charge is -2.07. The molecule has 0 saturated carbocycles. The van der Waals surface area contributed by atoms with Gasteiger partial charge in [-0.3, -0.25) is 0 Å². The SMILES string of the molecule is CNc1ccc(OCCSc2ccc(C)cc2)cc1. The number of hydrogen-bond acceptors (Lipinski definition) is 3. The van der Waals surface area contributed by atoms with Crippen LogP contribution in [-0.2, 0) is 0 Å². The van der Waals surface area contributed by atoms with Crippen molar-refractivity contribution in [2.45, 2.75) is 11.8 Å². The van der Waals surface area contributed by atoms with Gasteiger partial charge in [0.1, 0.15) is 5.75 Å². The van der Waals surface area contributed by atoms with Crippen LogP contribution < -0.4 is 10.1 Å². The molecule has 0 saturated heterocycles. The molecule has 0 radical (unpaired) electrons. The van der Waals surface area contributed by atoms with Crippen molar-refractivity contribution in [3.63, 3.8) is 0 Å². The molecule has 19 heavy (non-hydrogen) atoms. The molecular weight excluding hydrogens is 254 g/mol. The summed E-state index contributed by atoms with van der Waals surface area (Å²) in [6.45, 7) is 2.82. The Labute approximate surface area is 119 Å². The highest BCUT2D eigenvalue weighted by atomic mass is 32.2. The summed E-state index contributed by atoms with van der Waals surface area (Å²) in [4.78, 5) is 1.29. The second kappa shape index (κ2) is 7.10. The number of anilines is 1. The maximum Gasteiger partial charge on any atom is 0.119 e. The van der Waals surface area contributed by atoms with E-state index in [2.05, 4.69) is 36.5 Å². The van der Waals surface area contributed by atoms with Crippen LogP contribution in [0.15, 0.2) is 53.4 Å². The third-order valence-corrected chi connectivity index (χ3v) is 3.76. The van der Waals surface area contributed by atoms with E-state index in [0.717, 1.165) is 23.8 Å². The van der Waals surface area contributed by atoms with Crippen molar-refractivity contribution in [3.8, 4) is 5.75 Å². The molecule has 0 unspecified atom stereocenters.